The van der Waals surface area contributed by atoms with Gasteiger partial charge >= 0.3 is 0 Å². The quantitative estimate of drug-likeness (QED) is 0.807. The molecule has 0 amide bonds. The Balaban J connectivity index is 1.93. The Bertz CT molecular complexity index is 485. The van der Waals surface area contributed by atoms with Crippen molar-refractivity contribution in [2.45, 2.75) is 17.5 Å². The number of hydrogen-bond donors (Lipinski definition) is 1. The first kappa shape index (κ1) is 13.4. The van der Waals surface area contributed by atoms with E-state index in [1.54, 1.807) is 22.6 Å². The summed E-state index contributed by atoms with van der Waals surface area (Å²) in [5, 5.41) is 15.5. The largest absolute Gasteiger partial charge is 0.318 e. The maximum atomic E-state index is 4.31. The third kappa shape index (κ3) is 3.76. The zero-order chi connectivity index (χ0) is 12.8. The summed E-state index contributed by atoms with van der Waals surface area (Å²) in [6.07, 6.45) is 1.79. The average Bonchev–Trinajstić information content (AvgIpc) is 2.83. The molecule has 0 spiro atoms. The molecular weight excluding hydrogens is 316 g/mol. The first-order valence-electron chi connectivity index (χ1n) is 5.43. The topological polar surface area (TPSA) is 68.5 Å². The second-order valence-corrected chi connectivity index (χ2v) is 5.40. The van der Waals surface area contributed by atoms with Gasteiger partial charge in [0.2, 0.25) is 5.16 Å². The highest BCUT2D eigenvalue weighted by molar-refractivity contribution is 9.10. The van der Waals surface area contributed by atoms with Crippen molar-refractivity contribution < 1.29 is 0 Å². The number of thioether (sulfide) groups is 1. The molecule has 1 N–H and O–H groups in total. The van der Waals surface area contributed by atoms with Gasteiger partial charge < -0.3 is 5.32 Å². The van der Waals surface area contributed by atoms with Gasteiger partial charge in [-0.25, -0.2) is 4.68 Å². The van der Waals surface area contributed by atoms with Crippen molar-refractivity contribution >= 4 is 27.7 Å². The Hall–Kier alpha value is -0.990. The molecule has 2 aromatic rings. The van der Waals surface area contributed by atoms with Gasteiger partial charge in [-0.3, -0.25) is 4.98 Å². The Morgan fingerprint density at radius 2 is 2.33 bits per heavy atom. The summed E-state index contributed by atoms with van der Waals surface area (Å²) in [6, 6.07) is 3.96. The maximum absolute atomic E-state index is 4.31. The molecule has 0 saturated carbocycles. The zero-order valence-corrected chi connectivity index (χ0v) is 12.3. The Morgan fingerprint density at radius 1 is 1.44 bits per heavy atom. The maximum Gasteiger partial charge on any atom is 0.209 e. The van der Waals surface area contributed by atoms with Gasteiger partial charge in [-0.15, -0.1) is 5.10 Å². The van der Waals surface area contributed by atoms with Crippen LogP contribution in [0.3, 0.4) is 0 Å². The summed E-state index contributed by atoms with van der Waals surface area (Å²) in [5.74, 6) is 0.757. The van der Waals surface area contributed by atoms with Crippen LogP contribution in [0.5, 0.6) is 0 Å². The highest BCUT2D eigenvalue weighted by Gasteiger charge is 2.06. The van der Waals surface area contributed by atoms with Crippen LogP contribution in [0.1, 0.15) is 5.69 Å². The zero-order valence-electron chi connectivity index (χ0n) is 9.88. The summed E-state index contributed by atoms with van der Waals surface area (Å²) in [7, 11) is 1.91. The number of nitrogens with zero attached hydrogens (tertiary/aromatic N) is 5. The van der Waals surface area contributed by atoms with E-state index in [2.05, 4.69) is 41.8 Å². The molecule has 0 atom stereocenters. The minimum absolute atomic E-state index is 0.757. The fourth-order valence-electron chi connectivity index (χ4n) is 1.29. The number of rotatable bonds is 6. The van der Waals surface area contributed by atoms with Crippen LogP contribution in [-0.2, 0) is 12.3 Å². The van der Waals surface area contributed by atoms with Gasteiger partial charge in [-0.2, -0.15) is 0 Å². The molecule has 0 aliphatic heterocycles. The number of nitrogens with one attached hydrogen (secondary N) is 1. The van der Waals surface area contributed by atoms with Crippen LogP contribution in [0.15, 0.2) is 28.0 Å². The van der Waals surface area contributed by atoms with Crippen molar-refractivity contribution in [2.24, 2.45) is 0 Å². The summed E-state index contributed by atoms with van der Waals surface area (Å²) >= 11 is 4.95. The van der Waals surface area contributed by atoms with E-state index in [4.69, 9.17) is 0 Å². The first-order valence-corrected chi connectivity index (χ1v) is 7.21. The molecule has 0 radical (unpaired) electrons. The molecule has 96 valence electrons. The third-order valence-electron chi connectivity index (χ3n) is 2.21. The van der Waals surface area contributed by atoms with Crippen molar-refractivity contribution in [1.82, 2.24) is 30.5 Å². The van der Waals surface area contributed by atoms with Crippen LogP contribution < -0.4 is 5.32 Å². The smallest absolute Gasteiger partial charge is 0.209 e. The number of likely N-dealkylation sites (N-methyl/N-ethyl adjacent to an activating group) is 1. The van der Waals surface area contributed by atoms with Crippen LogP contribution in [-0.4, -0.2) is 38.8 Å². The summed E-state index contributed by atoms with van der Waals surface area (Å²) in [6.45, 7) is 1.61. The minimum atomic E-state index is 0.757. The number of halogens is 1. The van der Waals surface area contributed by atoms with E-state index < -0.39 is 0 Å². The van der Waals surface area contributed by atoms with E-state index in [0.717, 1.165) is 34.2 Å². The molecule has 0 bridgehead atoms. The summed E-state index contributed by atoms with van der Waals surface area (Å²) < 4.78 is 2.77. The molecule has 6 nitrogen and oxygen atoms in total. The second-order valence-electron chi connectivity index (χ2n) is 3.54. The Kier molecular flexibility index (Phi) is 5.09. The lowest BCUT2D eigenvalue weighted by molar-refractivity contribution is 0.530. The predicted molar refractivity (Wildman–Crippen MR) is 73.2 cm³/mol. The molecule has 8 heteroatoms. The van der Waals surface area contributed by atoms with Crippen LogP contribution in [0.4, 0.5) is 0 Å². The third-order valence-corrected chi connectivity index (χ3v) is 3.67. The fraction of sp³-hybridized carbons (Fsp3) is 0.400. The molecular formula is C10H13BrN6S. The van der Waals surface area contributed by atoms with Gasteiger partial charge in [0.1, 0.15) is 0 Å². The van der Waals surface area contributed by atoms with E-state index in [-0.39, 0.29) is 0 Å². The normalized spacial score (nSPS) is 10.8. The van der Waals surface area contributed by atoms with E-state index >= 15 is 0 Å². The molecule has 0 aliphatic carbocycles. The SMILES string of the molecule is CNCCn1nnnc1SCc1ccc(Br)cn1. The standard InChI is InChI=1S/C10H13BrN6S/c1-12-4-5-17-10(14-15-16-17)18-7-9-3-2-8(11)6-13-9/h2-3,6,12H,4-5,7H2,1H3. The molecule has 2 aromatic heterocycles. The van der Waals surface area contributed by atoms with Gasteiger partial charge in [0.25, 0.3) is 0 Å². The van der Waals surface area contributed by atoms with Gasteiger partial charge in [0.05, 0.1) is 12.2 Å². The highest BCUT2D eigenvalue weighted by atomic mass is 79.9. The number of hydrogen-bond acceptors (Lipinski definition) is 6. The molecule has 0 unspecified atom stereocenters. The lowest BCUT2D eigenvalue weighted by Gasteiger charge is -2.03. The van der Waals surface area contributed by atoms with E-state index in [0.29, 0.717) is 0 Å². The molecule has 2 rings (SSSR count). The average molecular weight is 329 g/mol. The minimum Gasteiger partial charge on any atom is -0.318 e. The molecule has 0 saturated heterocycles. The van der Waals surface area contributed by atoms with Crippen molar-refractivity contribution in [3.63, 3.8) is 0 Å². The number of tetrazole rings is 1. The van der Waals surface area contributed by atoms with Crippen molar-refractivity contribution in [1.29, 1.82) is 0 Å². The Morgan fingerprint density at radius 3 is 3.06 bits per heavy atom. The highest BCUT2D eigenvalue weighted by Crippen LogP contribution is 2.19. The monoisotopic (exact) mass is 328 g/mol. The van der Waals surface area contributed by atoms with Crippen molar-refractivity contribution in [3.8, 4) is 0 Å². The van der Waals surface area contributed by atoms with Crippen molar-refractivity contribution in [3.05, 3.63) is 28.5 Å². The van der Waals surface area contributed by atoms with Crippen LogP contribution in [0.25, 0.3) is 0 Å². The van der Waals surface area contributed by atoms with Gasteiger partial charge in [-0.05, 0) is 45.5 Å². The van der Waals surface area contributed by atoms with Crippen LogP contribution in [0, 0.1) is 0 Å². The molecule has 18 heavy (non-hydrogen) atoms. The van der Waals surface area contributed by atoms with Gasteiger partial charge in [0, 0.05) is 23.0 Å². The van der Waals surface area contributed by atoms with E-state index in [9.17, 15) is 0 Å². The summed E-state index contributed by atoms with van der Waals surface area (Å²) in [5.41, 5.74) is 1.01. The van der Waals surface area contributed by atoms with E-state index in [1.165, 1.54) is 0 Å². The number of pyridine rings is 1. The molecule has 0 aliphatic rings. The van der Waals surface area contributed by atoms with Crippen LogP contribution in [0.2, 0.25) is 0 Å². The molecule has 2 heterocycles. The fourth-order valence-corrected chi connectivity index (χ4v) is 2.34. The molecule has 0 aromatic carbocycles. The lowest BCUT2D eigenvalue weighted by atomic mass is 10.4. The summed E-state index contributed by atoms with van der Waals surface area (Å²) in [4.78, 5) is 4.31. The first-order chi connectivity index (χ1) is 8.79. The molecule has 0 fully saturated rings. The second kappa shape index (κ2) is 6.81. The predicted octanol–water partition coefficient (Wildman–Crippen LogP) is 1.34. The van der Waals surface area contributed by atoms with Gasteiger partial charge in [-0.1, -0.05) is 11.8 Å². The van der Waals surface area contributed by atoms with Crippen molar-refractivity contribution in [2.75, 3.05) is 13.6 Å². The lowest BCUT2D eigenvalue weighted by Crippen LogP contribution is -2.16. The van der Waals surface area contributed by atoms with Gasteiger partial charge in [0.15, 0.2) is 0 Å². The van der Waals surface area contributed by atoms with E-state index in [1.807, 2.05) is 19.2 Å². The Labute approximate surface area is 118 Å². The van der Waals surface area contributed by atoms with Crippen LogP contribution >= 0.6 is 27.7 Å². The number of aromatic nitrogens is 5.